The van der Waals surface area contributed by atoms with Crippen molar-refractivity contribution in [2.24, 2.45) is 7.05 Å². The molecule has 2 aromatic heterocycles. The van der Waals surface area contributed by atoms with Crippen molar-refractivity contribution in [1.29, 1.82) is 0 Å². The third kappa shape index (κ3) is 4.54. The van der Waals surface area contributed by atoms with E-state index in [1.807, 2.05) is 6.92 Å². The van der Waals surface area contributed by atoms with Crippen LogP contribution in [0.15, 0.2) is 29.1 Å². The molecule has 0 atom stereocenters. The van der Waals surface area contributed by atoms with Gasteiger partial charge in [0.15, 0.2) is 0 Å². The molecule has 0 unspecified atom stereocenters. The van der Waals surface area contributed by atoms with E-state index >= 15 is 0 Å². The molecular weight excluding hydrogens is 414 g/mol. The van der Waals surface area contributed by atoms with Crippen LogP contribution in [0.4, 0.5) is 8.78 Å². The summed E-state index contributed by atoms with van der Waals surface area (Å²) in [5.41, 5.74) is 2.85. The van der Waals surface area contributed by atoms with Crippen LogP contribution in [0.25, 0.3) is 10.6 Å². The number of hydrogen-bond acceptors (Lipinski definition) is 6. The molecule has 1 amide bonds. The van der Waals surface area contributed by atoms with E-state index in [4.69, 9.17) is 0 Å². The Morgan fingerprint density at radius 1 is 1.20 bits per heavy atom. The zero-order valence-corrected chi connectivity index (χ0v) is 17.6. The summed E-state index contributed by atoms with van der Waals surface area (Å²) in [6.45, 7) is 2.64. The van der Waals surface area contributed by atoms with Crippen LogP contribution in [0.3, 0.4) is 0 Å². The molecule has 0 fully saturated rings. The molecule has 0 spiro atoms. The fourth-order valence-corrected chi connectivity index (χ4v) is 3.94. The number of aromatic nitrogens is 3. The minimum atomic E-state index is -2.89. The first-order valence-electron chi connectivity index (χ1n) is 9.01. The van der Waals surface area contributed by atoms with Crippen molar-refractivity contribution >= 4 is 17.2 Å². The van der Waals surface area contributed by atoms with Gasteiger partial charge in [0, 0.05) is 13.6 Å². The SMILES string of the molecule is Cc1nc(-c2c(C)c(C)nn(C)c2=O)sc1C(=O)NCc1ccc(OC(F)F)cc1. The highest BCUT2D eigenvalue weighted by atomic mass is 32.1. The number of nitrogens with one attached hydrogen (secondary N) is 1. The van der Waals surface area contributed by atoms with Gasteiger partial charge in [0.05, 0.1) is 17.0 Å². The average Bonchev–Trinajstić information content (AvgIpc) is 3.07. The van der Waals surface area contributed by atoms with Gasteiger partial charge in [0.25, 0.3) is 11.5 Å². The van der Waals surface area contributed by atoms with Crippen LogP contribution >= 0.6 is 11.3 Å². The minimum Gasteiger partial charge on any atom is -0.435 e. The molecular formula is C20H20F2N4O3S. The summed E-state index contributed by atoms with van der Waals surface area (Å²) in [5.74, 6) is -0.281. The molecule has 7 nitrogen and oxygen atoms in total. The minimum absolute atomic E-state index is 0.0487. The molecule has 0 bridgehead atoms. The molecule has 1 N–H and O–H groups in total. The standard InChI is InChI=1S/C20H20F2N4O3S/c1-10-11(2)25-26(4)19(28)15(10)18-24-12(3)16(30-18)17(27)23-9-13-5-7-14(8-6-13)29-20(21)22/h5-8,20H,9H2,1-4H3,(H,23,27). The van der Waals surface area contributed by atoms with Crippen LogP contribution in [-0.4, -0.2) is 27.3 Å². The summed E-state index contributed by atoms with van der Waals surface area (Å²) >= 11 is 1.14. The number of benzene rings is 1. The molecule has 0 aliphatic carbocycles. The number of carbonyl (C=O) groups excluding carboxylic acids is 1. The Kier molecular flexibility index (Phi) is 6.25. The van der Waals surface area contributed by atoms with Gasteiger partial charge in [0.1, 0.15) is 15.6 Å². The first-order chi connectivity index (χ1) is 14.2. The zero-order valence-electron chi connectivity index (χ0n) is 16.8. The highest BCUT2D eigenvalue weighted by Crippen LogP contribution is 2.28. The monoisotopic (exact) mass is 434 g/mol. The normalized spacial score (nSPS) is 11.0. The fraction of sp³-hybridized carbons (Fsp3) is 0.300. The Morgan fingerprint density at radius 2 is 1.87 bits per heavy atom. The van der Waals surface area contributed by atoms with Gasteiger partial charge < -0.3 is 10.1 Å². The topological polar surface area (TPSA) is 86.1 Å². The molecule has 3 aromatic rings. The van der Waals surface area contributed by atoms with Crippen LogP contribution in [0.2, 0.25) is 0 Å². The summed E-state index contributed by atoms with van der Waals surface area (Å²) in [6.07, 6.45) is 0. The predicted octanol–water partition coefficient (Wildman–Crippen LogP) is 3.36. The van der Waals surface area contributed by atoms with E-state index in [0.717, 1.165) is 22.5 Å². The predicted molar refractivity (Wildman–Crippen MR) is 109 cm³/mol. The Labute approximate surface area is 175 Å². The zero-order chi connectivity index (χ0) is 22.0. The first-order valence-corrected chi connectivity index (χ1v) is 9.83. The second-order valence-electron chi connectivity index (χ2n) is 6.65. The van der Waals surface area contributed by atoms with Crippen molar-refractivity contribution in [2.75, 3.05) is 0 Å². The molecule has 30 heavy (non-hydrogen) atoms. The van der Waals surface area contributed by atoms with E-state index in [0.29, 0.717) is 26.8 Å². The van der Waals surface area contributed by atoms with Gasteiger partial charge in [0.2, 0.25) is 0 Å². The van der Waals surface area contributed by atoms with E-state index in [-0.39, 0.29) is 23.8 Å². The number of hydrogen-bond donors (Lipinski definition) is 1. The summed E-state index contributed by atoms with van der Waals surface area (Å²) in [5, 5.41) is 7.41. The fourth-order valence-electron chi connectivity index (χ4n) is 2.87. The van der Waals surface area contributed by atoms with Crippen molar-refractivity contribution in [3.63, 3.8) is 0 Å². The number of ether oxygens (including phenoxy) is 1. The van der Waals surface area contributed by atoms with Crippen LogP contribution in [-0.2, 0) is 13.6 Å². The molecule has 0 saturated heterocycles. The van der Waals surface area contributed by atoms with Gasteiger partial charge >= 0.3 is 6.61 Å². The molecule has 0 aliphatic heterocycles. The van der Waals surface area contributed by atoms with E-state index < -0.39 is 6.61 Å². The summed E-state index contributed by atoms with van der Waals surface area (Å²) < 4.78 is 30.0. The number of carbonyl (C=O) groups is 1. The van der Waals surface area contributed by atoms with Gasteiger partial charge in [-0.3, -0.25) is 9.59 Å². The summed E-state index contributed by atoms with van der Waals surface area (Å²) in [4.78, 5) is 30.0. The van der Waals surface area contributed by atoms with Crippen LogP contribution in [0.5, 0.6) is 5.75 Å². The number of aryl methyl sites for hydroxylation is 3. The number of thiazole rings is 1. The molecule has 158 valence electrons. The van der Waals surface area contributed by atoms with Gasteiger partial charge in [-0.2, -0.15) is 13.9 Å². The average molecular weight is 434 g/mol. The molecule has 3 rings (SSSR count). The van der Waals surface area contributed by atoms with Crippen molar-refractivity contribution in [3.8, 4) is 16.3 Å². The Morgan fingerprint density at radius 3 is 2.50 bits per heavy atom. The highest BCUT2D eigenvalue weighted by molar-refractivity contribution is 7.17. The van der Waals surface area contributed by atoms with Crippen LogP contribution in [0.1, 0.15) is 32.2 Å². The summed E-state index contributed by atoms with van der Waals surface area (Å²) in [6, 6.07) is 6.01. The molecule has 0 saturated carbocycles. The largest absolute Gasteiger partial charge is 0.435 e. The van der Waals surface area contributed by atoms with Crippen molar-refractivity contribution < 1.29 is 18.3 Å². The maximum atomic E-state index is 12.6. The van der Waals surface area contributed by atoms with Crippen molar-refractivity contribution in [2.45, 2.75) is 33.9 Å². The van der Waals surface area contributed by atoms with Crippen LogP contribution in [0, 0.1) is 20.8 Å². The number of halogens is 2. The maximum absolute atomic E-state index is 12.6. The van der Waals surface area contributed by atoms with E-state index in [1.54, 1.807) is 33.0 Å². The lowest BCUT2D eigenvalue weighted by Crippen LogP contribution is -2.23. The second-order valence-corrected chi connectivity index (χ2v) is 7.65. The van der Waals surface area contributed by atoms with Crippen molar-refractivity contribution in [3.05, 3.63) is 62.0 Å². The Hall–Kier alpha value is -3.14. The lowest BCUT2D eigenvalue weighted by atomic mass is 10.1. The maximum Gasteiger partial charge on any atom is 0.387 e. The molecule has 0 aliphatic rings. The van der Waals surface area contributed by atoms with Gasteiger partial charge in [-0.25, -0.2) is 9.67 Å². The molecule has 10 heteroatoms. The number of alkyl halides is 2. The smallest absolute Gasteiger partial charge is 0.387 e. The Bertz CT molecular complexity index is 1140. The van der Waals surface area contributed by atoms with Gasteiger partial charge in [-0.15, -0.1) is 11.3 Å². The molecule has 0 radical (unpaired) electrons. The molecule has 2 heterocycles. The third-order valence-electron chi connectivity index (χ3n) is 4.54. The lowest BCUT2D eigenvalue weighted by Gasteiger charge is -2.07. The number of rotatable bonds is 6. The van der Waals surface area contributed by atoms with Gasteiger partial charge in [-0.05, 0) is 44.0 Å². The van der Waals surface area contributed by atoms with Crippen molar-refractivity contribution in [1.82, 2.24) is 20.1 Å². The number of amides is 1. The quantitative estimate of drug-likeness (QED) is 0.643. The highest BCUT2D eigenvalue weighted by Gasteiger charge is 2.21. The van der Waals surface area contributed by atoms with E-state index in [1.165, 1.54) is 16.8 Å². The first kappa shape index (κ1) is 21.6. The third-order valence-corrected chi connectivity index (χ3v) is 5.72. The second kappa shape index (κ2) is 8.70. The van der Waals surface area contributed by atoms with E-state index in [2.05, 4.69) is 20.1 Å². The van der Waals surface area contributed by atoms with E-state index in [9.17, 15) is 18.4 Å². The van der Waals surface area contributed by atoms with Crippen LogP contribution < -0.4 is 15.6 Å². The number of nitrogens with zero attached hydrogens (tertiary/aromatic N) is 3. The van der Waals surface area contributed by atoms with Gasteiger partial charge in [-0.1, -0.05) is 12.1 Å². The summed E-state index contributed by atoms with van der Waals surface area (Å²) in [7, 11) is 1.57. The molecule has 1 aromatic carbocycles. The Balaban J connectivity index is 1.77. The lowest BCUT2D eigenvalue weighted by molar-refractivity contribution is -0.0498.